The number of nitrogens with two attached hydrogens (primary N) is 2. The Morgan fingerprint density at radius 3 is 2.11 bits per heavy atom. The van der Waals surface area contributed by atoms with Crippen molar-refractivity contribution in [1.29, 1.82) is 0 Å². The van der Waals surface area contributed by atoms with Crippen LogP contribution in [0.2, 0.25) is 0 Å². The Balaban J connectivity index is 2.93. The van der Waals surface area contributed by atoms with Crippen molar-refractivity contribution in [2.24, 2.45) is 23.3 Å². The maximum absolute atomic E-state index is 13.0. The van der Waals surface area contributed by atoms with Crippen molar-refractivity contribution in [2.75, 3.05) is 0 Å². The monoisotopic (exact) mass is 495 g/mol. The Labute approximate surface area is 204 Å². The first-order chi connectivity index (χ1) is 16.3. The highest BCUT2D eigenvalue weighted by molar-refractivity contribution is 5.94. The highest BCUT2D eigenvalue weighted by Crippen LogP contribution is 2.09. The number of imidazole rings is 1. The fraction of sp³-hybridized carbons (Fsp3) is 0.636. The normalized spacial score (nSPS) is 14.6. The number of carboxylic acid groups (broad SMARTS) is 1. The van der Waals surface area contributed by atoms with Crippen LogP contribution in [0, 0.1) is 11.8 Å². The second-order valence-electron chi connectivity index (χ2n) is 9.21. The van der Waals surface area contributed by atoms with E-state index in [1.165, 1.54) is 12.5 Å². The highest BCUT2D eigenvalue weighted by Gasteiger charge is 2.32. The number of hydrogen-bond acceptors (Lipinski definition) is 7. The molecular weight excluding hydrogens is 458 g/mol. The second kappa shape index (κ2) is 14.0. The fourth-order valence-electron chi connectivity index (χ4n) is 3.30. The molecule has 196 valence electrons. The fourth-order valence-corrected chi connectivity index (χ4v) is 3.30. The lowest BCUT2D eigenvalue weighted by atomic mass is 10.0. The molecule has 0 aliphatic heterocycles. The van der Waals surface area contributed by atoms with Crippen LogP contribution in [0.15, 0.2) is 12.5 Å². The van der Waals surface area contributed by atoms with Gasteiger partial charge in [0.05, 0.1) is 12.4 Å². The van der Waals surface area contributed by atoms with Crippen LogP contribution < -0.4 is 27.4 Å². The third-order valence-electron chi connectivity index (χ3n) is 5.21. The zero-order chi connectivity index (χ0) is 26.7. The first kappa shape index (κ1) is 29.6. The number of aromatic nitrogens is 2. The molecule has 1 rings (SSSR count). The number of rotatable bonds is 15. The van der Waals surface area contributed by atoms with Crippen molar-refractivity contribution in [1.82, 2.24) is 25.9 Å². The lowest BCUT2D eigenvalue weighted by molar-refractivity contribution is -0.143. The van der Waals surface area contributed by atoms with Gasteiger partial charge in [-0.1, -0.05) is 27.7 Å². The Bertz CT molecular complexity index is 872. The SMILES string of the molecule is CC(C)CC(NC(=O)C(CCC(N)=O)NC(=O)C(NC(=O)C(N)Cc1cnc[nH]1)C(C)C)C(=O)O. The van der Waals surface area contributed by atoms with E-state index in [1.54, 1.807) is 27.7 Å². The molecule has 1 heterocycles. The van der Waals surface area contributed by atoms with Gasteiger partial charge < -0.3 is 37.5 Å². The van der Waals surface area contributed by atoms with Gasteiger partial charge in [0.2, 0.25) is 23.6 Å². The molecule has 0 spiro atoms. The number of aliphatic carboxylic acids is 1. The molecule has 0 saturated carbocycles. The van der Waals surface area contributed by atoms with E-state index in [2.05, 4.69) is 25.9 Å². The van der Waals surface area contributed by atoms with Crippen LogP contribution >= 0.6 is 0 Å². The molecule has 4 atom stereocenters. The van der Waals surface area contributed by atoms with Gasteiger partial charge in [0.15, 0.2) is 0 Å². The first-order valence-corrected chi connectivity index (χ1v) is 11.5. The second-order valence-corrected chi connectivity index (χ2v) is 9.21. The zero-order valence-corrected chi connectivity index (χ0v) is 20.5. The smallest absolute Gasteiger partial charge is 0.326 e. The Morgan fingerprint density at radius 2 is 1.63 bits per heavy atom. The molecule has 9 N–H and O–H groups in total. The van der Waals surface area contributed by atoms with Crippen molar-refractivity contribution in [3.8, 4) is 0 Å². The summed E-state index contributed by atoms with van der Waals surface area (Å²) in [7, 11) is 0. The third kappa shape index (κ3) is 10.5. The van der Waals surface area contributed by atoms with E-state index in [0.29, 0.717) is 5.69 Å². The molecular formula is C22H37N7O6. The summed E-state index contributed by atoms with van der Waals surface area (Å²) >= 11 is 0. The highest BCUT2D eigenvalue weighted by atomic mass is 16.4. The van der Waals surface area contributed by atoms with Gasteiger partial charge in [0.1, 0.15) is 18.1 Å². The van der Waals surface area contributed by atoms with Crippen molar-refractivity contribution >= 4 is 29.6 Å². The van der Waals surface area contributed by atoms with Gasteiger partial charge in [0, 0.05) is 24.7 Å². The molecule has 4 unspecified atom stereocenters. The first-order valence-electron chi connectivity index (χ1n) is 11.5. The summed E-state index contributed by atoms with van der Waals surface area (Å²) in [6.07, 6.45) is 2.99. The van der Waals surface area contributed by atoms with E-state index in [1.807, 2.05) is 0 Å². The average Bonchev–Trinajstić information content (AvgIpc) is 3.26. The minimum atomic E-state index is -1.24. The molecule has 1 aromatic heterocycles. The standard InChI is InChI=1S/C22H37N7O6/c1-11(2)7-16(22(34)35)28-20(32)15(5-6-17(24)30)27-21(33)18(12(3)4)29-19(31)14(23)8-13-9-25-10-26-13/h9-12,14-16,18H,5-8,23H2,1-4H3,(H2,24,30)(H,25,26)(H,27,33)(H,28,32)(H,29,31)(H,34,35). The molecule has 0 bridgehead atoms. The molecule has 13 heteroatoms. The van der Waals surface area contributed by atoms with Gasteiger partial charge in [0.25, 0.3) is 0 Å². The van der Waals surface area contributed by atoms with Gasteiger partial charge in [-0.15, -0.1) is 0 Å². The lowest BCUT2D eigenvalue weighted by Crippen LogP contribution is -2.58. The number of carbonyl (C=O) groups excluding carboxylic acids is 4. The van der Waals surface area contributed by atoms with Gasteiger partial charge >= 0.3 is 5.97 Å². The predicted molar refractivity (Wildman–Crippen MR) is 126 cm³/mol. The maximum atomic E-state index is 13.0. The van der Waals surface area contributed by atoms with Crippen molar-refractivity contribution in [3.05, 3.63) is 18.2 Å². The summed E-state index contributed by atoms with van der Waals surface area (Å²) in [6.45, 7) is 7.02. The molecule has 0 aliphatic carbocycles. The molecule has 1 aromatic rings. The summed E-state index contributed by atoms with van der Waals surface area (Å²) in [5.74, 6) is -4.31. The van der Waals surface area contributed by atoms with Crippen LogP contribution in [-0.2, 0) is 30.4 Å². The number of H-pyrrole nitrogens is 1. The molecule has 4 amide bonds. The van der Waals surface area contributed by atoms with Crippen molar-refractivity contribution < 1.29 is 29.1 Å². The lowest BCUT2D eigenvalue weighted by Gasteiger charge is -2.27. The van der Waals surface area contributed by atoms with Crippen LogP contribution in [-0.4, -0.2) is 68.8 Å². The number of carboxylic acids is 1. The molecule has 0 aromatic carbocycles. The number of aromatic amines is 1. The Hall–Kier alpha value is -3.48. The molecule has 0 aliphatic rings. The minimum Gasteiger partial charge on any atom is -0.480 e. The largest absolute Gasteiger partial charge is 0.480 e. The van der Waals surface area contributed by atoms with Gasteiger partial charge in [-0.05, 0) is 24.7 Å². The quantitative estimate of drug-likeness (QED) is 0.156. The van der Waals surface area contributed by atoms with Crippen LogP contribution in [0.25, 0.3) is 0 Å². The summed E-state index contributed by atoms with van der Waals surface area (Å²) in [5.41, 5.74) is 11.8. The van der Waals surface area contributed by atoms with Crippen LogP contribution in [0.5, 0.6) is 0 Å². The van der Waals surface area contributed by atoms with Crippen molar-refractivity contribution in [2.45, 2.75) is 77.5 Å². The van der Waals surface area contributed by atoms with E-state index in [-0.39, 0.29) is 37.5 Å². The van der Waals surface area contributed by atoms with E-state index in [4.69, 9.17) is 11.5 Å². The predicted octanol–water partition coefficient (Wildman–Crippen LogP) is -1.21. The third-order valence-corrected chi connectivity index (χ3v) is 5.21. The van der Waals surface area contributed by atoms with Crippen LogP contribution in [0.3, 0.4) is 0 Å². The van der Waals surface area contributed by atoms with E-state index >= 15 is 0 Å². The molecule has 13 nitrogen and oxygen atoms in total. The average molecular weight is 496 g/mol. The summed E-state index contributed by atoms with van der Waals surface area (Å²) in [4.78, 5) is 68.0. The van der Waals surface area contributed by atoms with Gasteiger partial charge in [-0.25, -0.2) is 9.78 Å². The molecule has 0 radical (unpaired) electrons. The van der Waals surface area contributed by atoms with Crippen molar-refractivity contribution in [3.63, 3.8) is 0 Å². The minimum absolute atomic E-state index is 0.0124. The van der Waals surface area contributed by atoms with Crippen LogP contribution in [0.1, 0.15) is 52.7 Å². The summed E-state index contributed by atoms with van der Waals surface area (Å²) < 4.78 is 0. The summed E-state index contributed by atoms with van der Waals surface area (Å²) in [5, 5.41) is 16.9. The number of hydrogen-bond donors (Lipinski definition) is 7. The Morgan fingerprint density at radius 1 is 1.00 bits per heavy atom. The van der Waals surface area contributed by atoms with Gasteiger partial charge in [-0.2, -0.15) is 0 Å². The topological polar surface area (TPSA) is 222 Å². The molecule has 0 saturated heterocycles. The van der Waals surface area contributed by atoms with E-state index < -0.39 is 53.8 Å². The number of amides is 4. The number of nitrogens with zero attached hydrogens (tertiary/aromatic N) is 1. The van der Waals surface area contributed by atoms with Crippen LogP contribution in [0.4, 0.5) is 0 Å². The number of carbonyl (C=O) groups is 5. The number of nitrogens with one attached hydrogen (secondary N) is 4. The van der Waals surface area contributed by atoms with Gasteiger partial charge in [-0.3, -0.25) is 19.2 Å². The van der Waals surface area contributed by atoms with E-state index in [0.717, 1.165) is 0 Å². The maximum Gasteiger partial charge on any atom is 0.326 e. The van der Waals surface area contributed by atoms with E-state index in [9.17, 15) is 29.1 Å². The molecule has 35 heavy (non-hydrogen) atoms. The Kier molecular flexibility index (Phi) is 11.9. The number of primary amides is 1. The molecule has 0 fully saturated rings. The zero-order valence-electron chi connectivity index (χ0n) is 20.5. The summed E-state index contributed by atoms with van der Waals surface area (Å²) in [6, 6.07) is -4.40.